The Balaban J connectivity index is 1.32. The van der Waals surface area contributed by atoms with Gasteiger partial charge in [-0.1, -0.05) is 138 Å². The molecule has 0 radical (unpaired) electrons. The maximum atomic E-state index is 2.80. The second kappa shape index (κ2) is 11.3. The molecule has 4 aliphatic rings. The Labute approximate surface area is 343 Å². The molecule has 2 atom stereocenters. The summed E-state index contributed by atoms with van der Waals surface area (Å²) in [5.74, 6) is 0. The summed E-state index contributed by atoms with van der Waals surface area (Å²) in [5.41, 5.74) is 21.6. The summed E-state index contributed by atoms with van der Waals surface area (Å²) in [4.78, 5) is 2.80. The molecule has 1 aliphatic carbocycles. The highest BCUT2D eigenvalue weighted by Gasteiger charge is 2.61. The molecular formula is C54H63BN2. The SMILES string of the molecule is Cc1cc2c3c(c1)C(C)(C)c1c(ccc4c1C1(C)CCCCC1(C)N4c1ccc(C(C)(C)C)cc1)B3c1cc(C(C)(C)C)cc3c4cc(C(C)(C)C)ccc4n-2c13. The molecule has 0 spiro atoms. The zero-order chi connectivity index (χ0) is 40.6. The first-order chi connectivity index (χ1) is 26.6. The first-order valence-corrected chi connectivity index (χ1v) is 21.9. The summed E-state index contributed by atoms with van der Waals surface area (Å²) in [6.45, 7) is 34.0. The highest BCUT2D eigenvalue weighted by molar-refractivity contribution is 6.99. The van der Waals surface area contributed by atoms with Gasteiger partial charge in [-0.2, -0.15) is 0 Å². The molecule has 1 saturated carbocycles. The van der Waals surface area contributed by atoms with Crippen molar-refractivity contribution in [3.8, 4) is 5.69 Å². The van der Waals surface area contributed by atoms with E-state index in [1.807, 2.05) is 0 Å². The molecule has 5 aromatic carbocycles. The molecular weight excluding hydrogens is 687 g/mol. The van der Waals surface area contributed by atoms with E-state index in [1.54, 1.807) is 11.1 Å². The quantitative estimate of drug-likeness (QED) is 0.152. The van der Waals surface area contributed by atoms with Crippen LogP contribution >= 0.6 is 0 Å². The van der Waals surface area contributed by atoms with Crippen LogP contribution in [-0.4, -0.2) is 16.8 Å². The van der Waals surface area contributed by atoms with Crippen LogP contribution in [0.2, 0.25) is 0 Å². The summed E-state index contributed by atoms with van der Waals surface area (Å²) in [6.07, 6.45) is 4.96. The fraction of sp³-hybridized carbons (Fsp3) is 0.444. The van der Waals surface area contributed by atoms with Crippen LogP contribution in [-0.2, 0) is 27.1 Å². The number of aromatic nitrogens is 1. The van der Waals surface area contributed by atoms with Crippen LogP contribution in [0.5, 0.6) is 0 Å². The van der Waals surface area contributed by atoms with Gasteiger partial charge < -0.3 is 9.47 Å². The van der Waals surface area contributed by atoms with Crippen LogP contribution in [0.15, 0.2) is 78.9 Å². The third-order valence-corrected chi connectivity index (χ3v) is 15.6. The predicted molar refractivity (Wildman–Crippen MR) is 248 cm³/mol. The van der Waals surface area contributed by atoms with Crippen LogP contribution in [0, 0.1) is 6.92 Å². The van der Waals surface area contributed by atoms with Crippen molar-refractivity contribution in [2.24, 2.45) is 0 Å². The molecule has 1 aromatic heterocycles. The highest BCUT2D eigenvalue weighted by Crippen LogP contribution is 2.63. The minimum Gasteiger partial charge on any atom is -0.334 e. The summed E-state index contributed by atoms with van der Waals surface area (Å²) >= 11 is 0. The number of aryl methyl sites for hydroxylation is 1. The number of nitrogens with zero attached hydrogens (tertiary/aromatic N) is 2. The average Bonchev–Trinajstić information content (AvgIpc) is 3.56. The van der Waals surface area contributed by atoms with Crippen molar-refractivity contribution >= 4 is 56.3 Å². The Morgan fingerprint density at radius 1 is 0.579 bits per heavy atom. The molecule has 3 aliphatic heterocycles. The normalized spacial score (nSPS) is 22.1. The van der Waals surface area contributed by atoms with E-state index < -0.39 is 0 Å². The first kappa shape index (κ1) is 37.1. The fourth-order valence-corrected chi connectivity index (χ4v) is 12.3. The van der Waals surface area contributed by atoms with E-state index in [2.05, 4.69) is 185 Å². The van der Waals surface area contributed by atoms with Gasteiger partial charge in [0.1, 0.15) is 0 Å². The summed E-state index contributed by atoms with van der Waals surface area (Å²) in [5, 5.41) is 2.78. The van der Waals surface area contributed by atoms with Crippen molar-refractivity contribution in [2.75, 3.05) is 4.90 Å². The van der Waals surface area contributed by atoms with E-state index in [-0.39, 0.29) is 39.3 Å². The molecule has 57 heavy (non-hydrogen) atoms. The predicted octanol–water partition coefficient (Wildman–Crippen LogP) is 12.2. The van der Waals surface area contributed by atoms with Crippen LogP contribution < -0.4 is 21.3 Å². The van der Waals surface area contributed by atoms with E-state index in [0.29, 0.717) is 0 Å². The first-order valence-electron chi connectivity index (χ1n) is 21.9. The minimum atomic E-state index is -0.193. The van der Waals surface area contributed by atoms with E-state index in [0.717, 1.165) is 0 Å². The molecule has 4 heterocycles. The second-order valence-electron chi connectivity index (χ2n) is 22.7. The fourth-order valence-electron chi connectivity index (χ4n) is 12.3. The van der Waals surface area contributed by atoms with Crippen molar-refractivity contribution in [2.45, 2.75) is 155 Å². The van der Waals surface area contributed by atoms with Crippen LogP contribution in [0.3, 0.4) is 0 Å². The summed E-state index contributed by atoms with van der Waals surface area (Å²) in [6, 6.07) is 32.3. The largest absolute Gasteiger partial charge is 0.334 e. The zero-order valence-corrected chi connectivity index (χ0v) is 37.3. The number of benzene rings is 5. The lowest BCUT2D eigenvalue weighted by atomic mass is 9.29. The van der Waals surface area contributed by atoms with Gasteiger partial charge >= 0.3 is 0 Å². The van der Waals surface area contributed by atoms with Gasteiger partial charge in [0.25, 0.3) is 0 Å². The van der Waals surface area contributed by atoms with Gasteiger partial charge in [-0.25, -0.2) is 0 Å². The minimum absolute atomic E-state index is 0.00551. The monoisotopic (exact) mass is 751 g/mol. The van der Waals surface area contributed by atoms with Crippen LogP contribution in [0.1, 0.15) is 155 Å². The molecule has 292 valence electrons. The third kappa shape index (κ3) is 4.78. The van der Waals surface area contributed by atoms with Crippen molar-refractivity contribution in [1.29, 1.82) is 0 Å². The molecule has 0 N–H and O–H groups in total. The van der Waals surface area contributed by atoms with E-state index >= 15 is 0 Å². The maximum Gasteiger partial charge on any atom is 0.247 e. The lowest BCUT2D eigenvalue weighted by Gasteiger charge is -2.51. The standard InChI is InChI=1S/C54H63BN2/c1-32-27-39-47-44(28-32)56-42-23-19-34(50(5,6)7)29-37(42)38-30-35(51(8,9)10)31-41(48(38)56)55(47)40-22-24-43-46(45(40)52(39,11)12)53(13)25-15-16-26-54(53,14)57(43)36-20-17-33(18-21-36)49(2,3)4/h17-24,27-31H,15-16,25-26H2,1-14H3. The molecule has 3 heteroatoms. The molecule has 10 rings (SSSR count). The van der Waals surface area contributed by atoms with Gasteiger partial charge in [0.15, 0.2) is 0 Å². The Kier molecular flexibility index (Phi) is 7.33. The highest BCUT2D eigenvalue weighted by atomic mass is 15.3. The summed E-state index contributed by atoms with van der Waals surface area (Å²) < 4.78 is 2.66. The van der Waals surface area contributed by atoms with Gasteiger partial charge in [0.05, 0.1) is 11.1 Å². The number of hydrogen-bond donors (Lipinski definition) is 0. The van der Waals surface area contributed by atoms with Gasteiger partial charge in [0, 0.05) is 44.2 Å². The van der Waals surface area contributed by atoms with Gasteiger partial charge in [-0.05, 0) is 135 Å². The Hall–Kier alpha value is -4.24. The molecule has 0 saturated heterocycles. The number of hydrogen-bond acceptors (Lipinski definition) is 1. The second-order valence-corrected chi connectivity index (χ2v) is 22.7. The Morgan fingerprint density at radius 2 is 1.21 bits per heavy atom. The Morgan fingerprint density at radius 3 is 1.88 bits per heavy atom. The Bertz CT molecular complexity index is 2700. The summed E-state index contributed by atoms with van der Waals surface area (Å²) in [7, 11) is 0. The molecule has 6 aromatic rings. The van der Waals surface area contributed by atoms with Crippen molar-refractivity contribution in [3.63, 3.8) is 0 Å². The van der Waals surface area contributed by atoms with E-state index in [1.165, 1.54) is 109 Å². The molecule has 2 unspecified atom stereocenters. The lowest BCUT2D eigenvalue weighted by molar-refractivity contribution is 0.193. The van der Waals surface area contributed by atoms with Crippen LogP contribution in [0.25, 0.3) is 27.5 Å². The van der Waals surface area contributed by atoms with E-state index in [9.17, 15) is 0 Å². The smallest absolute Gasteiger partial charge is 0.247 e. The molecule has 0 bridgehead atoms. The lowest BCUT2D eigenvalue weighted by Crippen LogP contribution is -2.64. The maximum absolute atomic E-state index is 2.80. The topological polar surface area (TPSA) is 8.17 Å². The zero-order valence-electron chi connectivity index (χ0n) is 37.3. The number of fused-ring (bicyclic) bond motifs is 11. The van der Waals surface area contributed by atoms with Crippen molar-refractivity contribution < 1.29 is 0 Å². The molecule has 1 fully saturated rings. The van der Waals surface area contributed by atoms with Crippen molar-refractivity contribution in [1.82, 2.24) is 4.57 Å². The van der Waals surface area contributed by atoms with Gasteiger partial charge in [-0.15, -0.1) is 0 Å². The van der Waals surface area contributed by atoms with Gasteiger partial charge in [0.2, 0.25) is 6.71 Å². The molecule has 2 nitrogen and oxygen atoms in total. The molecule has 0 amide bonds. The number of anilines is 2. The van der Waals surface area contributed by atoms with Crippen LogP contribution in [0.4, 0.5) is 11.4 Å². The average molecular weight is 751 g/mol. The van der Waals surface area contributed by atoms with Crippen molar-refractivity contribution in [3.05, 3.63) is 118 Å². The third-order valence-electron chi connectivity index (χ3n) is 15.6. The van der Waals surface area contributed by atoms with E-state index in [4.69, 9.17) is 0 Å². The van der Waals surface area contributed by atoms with Gasteiger partial charge in [-0.3, -0.25) is 0 Å². The number of rotatable bonds is 1.